The number of allylic oxidation sites excluding steroid dienone is 1. The molecule has 15 atom stereocenters. The maximum atomic E-state index is 13.5. The summed E-state index contributed by atoms with van der Waals surface area (Å²) in [5.74, 6) is 0.558. The predicted molar refractivity (Wildman–Crippen MR) is 183 cm³/mol. The first-order valence-electron chi connectivity index (χ1n) is 18.9. The second-order valence-corrected chi connectivity index (χ2v) is 18.4. The number of hydrogen-bond acceptors (Lipinski definition) is 9. The van der Waals surface area contributed by atoms with Crippen LogP contribution in [0.3, 0.4) is 0 Å². The van der Waals surface area contributed by atoms with Gasteiger partial charge in [0, 0.05) is 5.41 Å². The molecule has 6 rings (SSSR count). The summed E-state index contributed by atoms with van der Waals surface area (Å²) < 4.78 is 12.0. The Morgan fingerprint density at radius 2 is 1.55 bits per heavy atom. The average molecular weight is 690 g/mol. The zero-order valence-electron chi connectivity index (χ0n) is 31.1. The molecule has 0 spiro atoms. The van der Waals surface area contributed by atoms with Crippen molar-refractivity contribution >= 4 is 11.9 Å². The van der Waals surface area contributed by atoms with Gasteiger partial charge in [-0.15, -0.1) is 5.06 Å². The van der Waals surface area contributed by atoms with Gasteiger partial charge in [-0.3, -0.25) is 14.4 Å². The van der Waals surface area contributed by atoms with Crippen LogP contribution in [0.15, 0.2) is 12.2 Å². The van der Waals surface area contributed by atoms with E-state index in [4.69, 9.17) is 14.3 Å². The number of fused-ring (bicyclic) bond motifs is 7. The van der Waals surface area contributed by atoms with Crippen LogP contribution in [-0.2, 0) is 23.9 Å². The number of nitrogens with zero attached hydrogens (tertiary/aromatic N) is 1. The highest BCUT2D eigenvalue weighted by molar-refractivity contribution is 5.76. The van der Waals surface area contributed by atoms with Crippen molar-refractivity contribution in [3.05, 3.63) is 12.2 Å². The largest absolute Gasteiger partial charge is 0.481 e. The van der Waals surface area contributed by atoms with E-state index in [2.05, 4.69) is 48.1 Å². The third-order valence-corrected chi connectivity index (χ3v) is 16.3. The zero-order valence-corrected chi connectivity index (χ0v) is 31.1. The van der Waals surface area contributed by atoms with Crippen LogP contribution in [0, 0.1) is 56.7 Å². The maximum absolute atomic E-state index is 13.5. The third-order valence-electron chi connectivity index (χ3n) is 16.3. The molecule has 5 saturated carbocycles. The molecule has 0 amide bonds. The number of carbonyl (C=O) groups excluding carboxylic acids is 1. The molecular weight excluding hydrogens is 626 g/mol. The van der Waals surface area contributed by atoms with Crippen molar-refractivity contribution < 1.29 is 44.3 Å². The van der Waals surface area contributed by atoms with Gasteiger partial charge in [0.2, 0.25) is 0 Å². The molecule has 0 aromatic carbocycles. The lowest BCUT2D eigenvalue weighted by atomic mass is 9.32. The molecule has 5 aliphatic carbocycles. The van der Waals surface area contributed by atoms with Gasteiger partial charge in [-0.2, -0.15) is 0 Å². The van der Waals surface area contributed by atoms with Crippen molar-refractivity contribution in [1.29, 1.82) is 0 Å². The Morgan fingerprint density at radius 1 is 0.857 bits per heavy atom. The standard InChI is InChI=1S/C39H63NO9/c1-21(2)23-12-17-39(34(45)46)19-18-37(7)24(29(23)39)10-11-26-36(6)15-14-27(35(4,5)25(36)13-16-38(26,37)8)49-28(41)20-40(47-9)33-32(44)31(43)30(42)22(3)48-33/h22-27,29-33,42-44H,1,10-20H2,2-9H3,(H,45,46)/t22-,23+,24-,25+,26-,27+,29-,30+,31+,32-,33+,36+,37-,38-,39+/m1/s1. The first kappa shape index (κ1) is 37.2. The molecule has 0 aromatic rings. The fourth-order valence-electron chi connectivity index (χ4n) is 13.5. The fraction of sp³-hybridized carbons (Fsp3) is 0.897. The van der Waals surface area contributed by atoms with E-state index in [1.54, 1.807) is 6.92 Å². The average Bonchev–Trinajstić information content (AvgIpc) is 3.44. The molecule has 0 unspecified atom stereocenters. The van der Waals surface area contributed by atoms with Crippen molar-refractivity contribution in [2.24, 2.45) is 56.7 Å². The fourth-order valence-corrected chi connectivity index (χ4v) is 13.5. The van der Waals surface area contributed by atoms with E-state index in [1.165, 1.54) is 12.2 Å². The van der Waals surface area contributed by atoms with E-state index in [0.717, 1.165) is 69.8 Å². The number of carboxylic acids is 1. The summed E-state index contributed by atoms with van der Waals surface area (Å²) in [6.45, 7) is 19.8. The van der Waals surface area contributed by atoms with Gasteiger partial charge in [-0.05, 0) is 124 Å². The van der Waals surface area contributed by atoms with E-state index >= 15 is 0 Å². The summed E-state index contributed by atoms with van der Waals surface area (Å²) in [5.41, 5.74) is 0.441. The molecule has 10 nitrogen and oxygen atoms in total. The minimum Gasteiger partial charge on any atom is -0.481 e. The van der Waals surface area contributed by atoms with Crippen molar-refractivity contribution in [2.75, 3.05) is 13.7 Å². The highest BCUT2D eigenvalue weighted by Gasteiger charge is 2.72. The van der Waals surface area contributed by atoms with Crippen LogP contribution >= 0.6 is 0 Å². The van der Waals surface area contributed by atoms with Gasteiger partial charge in [0.1, 0.15) is 31.0 Å². The number of esters is 1. The number of hydroxylamine groups is 2. The van der Waals surface area contributed by atoms with Crippen LogP contribution in [0.4, 0.5) is 0 Å². The Kier molecular flexibility index (Phi) is 9.52. The van der Waals surface area contributed by atoms with Crippen LogP contribution in [0.5, 0.6) is 0 Å². The number of carbonyl (C=O) groups is 2. The van der Waals surface area contributed by atoms with Gasteiger partial charge >= 0.3 is 11.9 Å². The van der Waals surface area contributed by atoms with Gasteiger partial charge < -0.3 is 29.9 Å². The molecule has 6 aliphatic rings. The van der Waals surface area contributed by atoms with E-state index in [1.807, 2.05) is 0 Å². The highest BCUT2D eigenvalue weighted by atomic mass is 16.7. The summed E-state index contributed by atoms with van der Waals surface area (Å²) in [6.07, 6.45) is 3.06. The number of aliphatic hydroxyl groups excluding tert-OH is 3. The minimum atomic E-state index is -1.47. The van der Waals surface area contributed by atoms with Crippen LogP contribution in [0.25, 0.3) is 0 Å². The zero-order chi connectivity index (χ0) is 36.1. The van der Waals surface area contributed by atoms with E-state index < -0.39 is 48.0 Å². The first-order valence-corrected chi connectivity index (χ1v) is 18.9. The first-order chi connectivity index (χ1) is 22.8. The van der Waals surface area contributed by atoms with Gasteiger partial charge in [0.25, 0.3) is 0 Å². The summed E-state index contributed by atoms with van der Waals surface area (Å²) >= 11 is 0. The van der Waals surface area contributed by atoms with E-state index in [-0.39, 0.29) is 46.1 Å². The summed E-state index contributed by atoms with van der Waals surface area (Å²) in [4.78, 5) is 31.9. The monoisotopic (exact) mass is 689 g/mol. The number of carboxylic acid groups (broad SMARTS) is 1. The van der Waals surface area contributed by atoms with Crippen molar-refractivity contribution in [1.82, 2.24) is 5.06 Å². The Hall–Kier alpha value is -1.56. The predicted octanol–water partition coefficient (Wildman–Crippen LogP) is 5.33. The highest BCUT2D eigenvalue weighted by Crippen LogP contribution is 2.77. The van der Waals surface area contributed by atoms with Gasteiger partial charge in [0.15, 0.2) is 6.23 Å². The number of ether oxygens (including phenoxy) is 2. The lowest BCUT2D eigenvalue weighted by molar-refractivity contribution is -0.321. The molecule has 1 aliphatic heterocycles. The Morgan fingerprint density at radius 3 is 2.18 bits per heavy atom. The number of aliphatic carboxylic acids is 1. The lowest BCUT2D eigenvalue weighted by Crippen LogP contribution is -2.67. The van der Waals surface area contributed by atoms with E-state index in [0.29, 0.717) is 17.8 Å². The van der Waals surface area contributed by atoms with Crippen molar-refractivity contribution in [2.45, 2.75) is 149 Å². The molecule has 6 fully saturated rings. The Labute approximate surface area is 292 Å². The van der Waals surface area contributed by atoms with Crippen molar-refractivity contribution in [3.63, 3.8) is 0 Å². The number of rotatable bonds is 7. The second kappa shape index (κ2) is 12.5. The maximum Gasteiger partial charge on any atom is 0.323 e. The van der Waals surface area contributed by atoms with Crippen LogP contribution in [0.1, 0.15) is 113 Å². The molecular formula is C39H63NO9. The summed E-state index contributed by atoms with van der Waals surface area (Å²) in [5, 5.41) is 42.9. The molecule has 0 radical (unpaired) electrons. The van der Waals surface area contributed by atoms with E-state index in [9.17, 15) is 30.0 Å². The van der Waals surface area contributed by atoms with Crippen LogP contribution in [0.2, 0.25) is 0 Å². The summed E-state index contributed by atoms with van der Waals surface area (Å²) in [7, 11) is 1.37. The number of hydrogen-bond donors (Lipinski definition) is 4. The minimum absolute atomic E-state index is 0.0511. The van der Waals surface area contributed by atoms with Gasteiger partial charge in [-0.1, -0.05) is 46.8 Å². The molecule has 0 bridgehead atoms. The quantitative estimate of drug-likeness (QED) is 0.157. The molecule has 1 saturated heterocycles. The smallest absolute Gasteiger partial charge is 0.323 e. The number of aliphatic hydroxyl groups is 3. The molecule has 0 aromatic heterocycles. The molecule has 1 heterocycles. The molecule has 10 heteroatoms. The van der Waals surface area contributed by atoms with Crippen molar-refractivity contribution in [3.8, 4) is 0 Å². The topological polar surface area (TPSA) is 146 Å². The van der Waals surface area contributed by atoms with Crippen LogP contribution in [-0.4, -0.2) is 87.8 Å². The second-order valence-electron chi connectivity index (χ2n) is 18.4. The molecule has 49 heavy (non-hydrogen) atoms. The lowest BCUT2D eigenvalue weighted by Gasteiger charge is -2.72. The van der Waals surface area contributed by atoms with Gasteiger partial charge in [0.05, 0.1) is 18.6 Å². The molecule has 278 valence electrons. The van der Waals surface area contributed by atoms with Gasteiger partial charge in [-0.25, -0.2) is 0 Å². The normalized spacial score (nSPS) is 50.4. The summed E-state index contributed by atoms with van der Waals surface area (Å²) in [6, 6.07) is 0. The molecule has 4 N–H and O–H groups in total. The van der Waals surface area contributed by atoms with Crippen LogP contribution < -0.4 is 0 Å². The Balaban J connectivity index is 1.19. The Bertz CT molecular complexity index is 1320. The SMILES string of the molecule is C=C(C)[C@@H]1CC[C@]2(C(=O)O)CC[C@]3(C)[C@H](CC[C@@H]4[C@@]5(C)CC[C@H](OC(=O)CN(OC)[C@H]6O[C@H](C)[C@H](O)[C@H](O)[C@H]6O)C(C)(C)[C@@H]5CC[C@]43C)[C@@H]12. The third kappa shape index (κ3) is 5.31.